The van der Waals surface area contributed by atoms with Gasteiger partial charge in [-0.25, -0.2) is 0 Å². The summed E-state index contributed by atoms with van der Waals surface area (Å²) in [4.78, 5) is 11.9. The zero-order valence-corrected chi connectivity index (χ0v) is 8.07. The van der Waals surface area contributed by atoms with Crippen LogP contribution in [0.5, 0.6) is 0 Å². The van der Waals surface area contributed by atoms with E-state index in [-0.39, 0.29) is 11.8 Å². The van der Waals surface area contributed by atoms with E-state index in [0.717, 1.165) is 24.9 Å². The molecule has 0 amide bonds. The van der Waals surface area contributed by atoms with Crippen LogP contribution < -0.4 is 5.32 Å². The molecule has 1 aromatic carbocycles. The molecule has 1 aliphatic rings. The Morgan fingerprint density at radius 2 is 2.07 bits per heavy atom. The number of piperidine rings is 1. The second kappa shape index (κ2) is 4.38. The lowest BCUT2D eigenvalue weighted by Gasteiger charge is -2.21. The summed E-state index contributed by atoms with van der Waals surface area (Å²) in [6, 6.07) is 9.47. The third-order valence-electron chi connectivity index (χ3n) is 2.52. The molecular formula is C12H14NO. The van der Waals surface area contributed by atoms with Gasteiger partial charge in [0.15, 0.2) is 5.78 Å². The molecule has 1 heterocycles. The number of hydrogen-bond donors (Lipinski definition) is 1. The first kappa shape index (κ1) is 9.41. The summed E-state index contributed by atoms with van der Waals surface area (Å²) >= 11 is 0. The Bertz CT molecular complexity index is 301. The average Bonchev–Trinajstić information content (AvgIpc) is 2.30. The smallest absolute Gasteiger partial charge is 0.179 e. The van der Waals surface area contributed by atoms with Crippen LogP contribution in [-0.4, -0.2) is 18.4 Å². The van der Waals surface area contributed by atoms with Crippen molar-refractivity contribution in [1.82, 2.24) is 5.32 Å². The summed E-state index contributed by atoms with van der Waals surface area (Å²) in [7, 11) is 0. The molecule has 0 aliphatic carbocycles. The van der Waals surface area contributed by atoms with E-state index in [1.54, 1.807) is 0 Å². The first-order valence-electron chi connectivity index (χ1n) is 5.02. The third-order valence-corrected chi connectivity index (χ3v) is 2.52. The molecule has 1 unspecified atom stereocenters. The maximum atomic E-state index is 11.9. The van der Waals surface area contributed by atoms with E-state index in [0.29, 0.717) is 0 Å². The molecule has 1 aliphatic heterocycles. The normalized spacial score (nSPS) is 21.9. The number of nitrogens with one attached hydrogen (secondary N) is 1. The molecule has 0 aromatic heterocycles. The molecule has 73 valence electrons. The predicted molar refractivity (Wildman–Crippen MR) is 56.1 cm³/mol. The van der Waals surface area contributed by atoms with Crippen molar-refractivity contribution in [3.8, 4) is 0 Å². The number of rotatable bonds is 2. The molecule has 1 fully saturated rings. The number of Topliss-reactive ketones (excluding diaryl/α,β-unsaturated/α-hetero) is 1. The lowest BCUT2D eigenvalue weighted by Crippen LogP contribution is -2.40. The predicted octanol–water partition coefficient (Wildman–Crippen LogP) is 1.83. The lowest BCUT2D eigenvalue weighted by molar-refractivity contribution is 0.0936. The van der Waals surface area contributed by atoms with E-state index in [2.05, 4.69) is 11.7 Å². The number of carbonyl (C=O) groups is 1. The standard InChI is InChI=1S/C12H14NO/c14-12(10-6-2-1-3-7-10)11-8-4-5-9-13-11/h1-4,6-7,11,13H,5,8-9H2. The minimum absolute atomic E-state index is 0.00819. The van der Waals surface area contributed by atoms with E-state index in [9.17, 15) is 4.79 Å². The Hall–Kier alpha value is -1.15. The van der Waals surface area contributed by atoms with Gasteiger partial charge in [-0.2, -0.15) is 0 Å². The molecule has 2 rings (SSSR count). The van der Waals surface area contributed by atoms with Gasteiger partial charge in [0, 0.05) is 5.56 Å². The Labute approximate surface area is 84.3 Å². The largest absolute Gasteiger partial charge is 0.307 e. The van der Waals surface area contributed by atoms with Crippen LogP contribution in [-0.2, 0) is 0 Å². The van der Waals surface area contributed by atoms with Crippen LogP contribution in [0.25, 0.3) is 0 Å². The number of hydrogen-bond acceptors (Lipinski definition) is 2. The van der Waals surface area contributed by atoms with Crippen molar-refractivity contribution in [3.05, 3.63) is 42.3 Å². The van der Waals surface area contributed by atoms with E-state index in [4.69, 9.17) is 0 Å². The van der Waals surface area contributed by atoms with Crippen LogP contribution in [0.15, 0.2) is 30.3 Å². The minimum Gasteiger partial charge on any atom is -0.307 e. The first-order valence-corrected chi connectivity index (χ1v) is 5.02. The molecule has 14 heavy (non-hydrogen) atoms. The average molecular weight is 188 g/mol. The molecular weight excluding hydrogens is 174 g/mol. The molecule has 1 saturated heterocycles. The third kappa shape index (κ3) is 2.02. The molecule has 2 nitrogen and oxygen atoms in total. The lowest BCUT2D eigenvalue weighted by atomic mass is 9.96. The molecule has 1 aromatic rings. The van der Waals surface area contributed by atoms with Gasteiger partial charge in [-0.3, -0.25) is 4.79 Å². The van der Waals surface area contributed by atoms with Gasteiger partial charge in [0.25, 0.3) is 0 Å². The monoisotopic (exact) mass is 188 g/mol. The van der Waals surface area contributed by atoms with Gasteiger partial charge < -0.3 is 5.32 Å². The fourth-order valence-electron chi connectivity index (χ4n) is 1.73. The molecule has 1 radical (unpaired) electrons. The van der Waals surface area contributed by atoms with Crippen LogP contribution >= 0.6 is 0 Å². The minimum atomic E-state index is -0.00819. The Morgan fingerprint density at radius 1 is 1.29 bits per heavy atom. The van der Waals surface area contributed by atoms with E-state index >= 15 is 0 Å². The summed E-state index contributed by atoms with van der Waals surface area (Å²) in [5.74, 6) is 0.210. The van der Waals surface area contributed by atoms with Crippen molar-refractivity contribution >= 4 is 5.78 Å². The van der Waals surface area contributed by atoms with Gasteiger partial charge in [0.05, 0.1) is 6.04 Å². The summed E-state index contributed by atoms with van der Waals surface area (Å²) in [6.45, 7) is 0.920. The van der Waals surface area contributed by atoms with Crippen molar-refractivity contribution in [2.45, 2.75) is 18.9 Å². The van der Waals surface area contributed by atoms with Gasteiger partial charge in [0.2, 0.25) is 0 Å². The highest BCUT2D eigenvalue weighted by atomic mass is 16.1. The SMILES string of the molecule is O=C(c1ccccc1)C1C[CH]CCN1. The Balaban J connectivity index is 2.07. The second-order valence-corrected chi connectivity index (χ2v) is 3.55. The quantitative estimate of drug-likeness (QED) is 0.717. The number of ketones is 1. The fraction of sp³-hybridized carbons (Fsp3) is 0.333. The van der Waals surface area contributed by atoms with Crippen LogP contribution in [0, 0.1) is 6.42 Å². The summed E-state index contributed by atoms with van der Waals surface area (Å²) in [6.07, 6.45) is 4.11. The fourth-order valence-corrected chi connectivity index (χ4v) is 1.73. The topological polar surface area (TPSA) is 29.1 Å². The maximum absolute atomic E-state index is 11.9. The highest BCUT2D eigenvalue weighted by Crippen LogP contribution is 2.11. The summed E-state index contributed by atoms with van der Waals surface area (Å²) in [5, 5.41) is 3.24. The molecule has 1 atom stereocenters. The van der Waals surface area contributed by atoms with Crippen molar-refractivity contribution in [2.75, 3.05) is 6.54 Å². The van der Waals surface area contributed by atoms with Crippen molar-refractivity contribution in [1.29, 1.82) is 0 Å². The van der Waals surface area contributed by atoms with E-state index < -0.39 is 0 Å². The van der Waals surface area contributed by atoms with Crippen molar-refractivity contribution < 1.29 is 4.79 Å². The van der Waals surface area contributed by atoms with Gasteiger partial charge in [-0.1, -0.05) is 30.3 Å². The molecule has 0 bridgehead atoms. The second-order valence-electron chi connectivity index (χ2n) is 3.55. The van der Waals surface area contributed by atoms with Gasteiger partial charge in [-0.05, 0) is 25.8 Å². The molecule has 0 spiro atoms. The first-order chi connectivity index (χ1) is 6.88. The summed E-state index contributed by atoms with van der Waals surface area (Å²) in [5.41, 5.74) is 0.806. The molecule has 1 N–H and O–H groups in total. The van der Waals surface area contributed by atoms with Gasteiger partial charge >= 0.3 is 0 Å². The number of carbonyl (C=O) groups excluding carboxylic acids is 1. The number of benzene rings is 1. The Morgan fingerprint density at radius 3 is 2.71 bits per heavy atom. The molecule has 0 saturated carbocycles. The van der Waals surface area contributed by atoms with Crippen molar-refractivity contribution in [3.63, 3.8) is 0 Å². The van der Waals surface area contributed by atoms with Crippen LogP contribution in [0.4, 0.5) is 0 Å². The van der Waals surface area contributed by atoms with Crippen LogP contribution in [0.2, 0.25) is 0 Å². The van der Waals surface area contributed by atoms with Gasteiger partial charge in [0.1, 0.15) is 0 Å². The van der Waals surface area contributed by atoms with Crippen LogP contribution in [0.1, 0.15) is 23.2 Å². The van der Waals surface area contributed by atoms with Crippen molar-refractivity contribution in [2.24, 2.45) is 0 Å². The van der Waals surface area contributed by atoms with E-state index in [1.165, 1.54) is 0 Å². The Kier molecular flexibility index (Phi) is 2.94. The van der Waals surface area contributed by atoms with Gasteiger partial charge in [-0.15, -0.1) is 0 Å². The molecule has 2 heteroatoms. The van der Waals surface area contributed by atoms with Crippen LogP contribution in [0.3, 0.4) is 0 Å². The summed E-state index contributed by atoms with van der Waals surface area (Å²) < 4.78 is 0. The highest BCUT2D eigenvalue weighted by molar-refractivity contribution is 6.00. The maximum Gasteiger partial charge on any atom is 0.179 e. The highest BCUT2D eigenvalue weighted by Gasteiger charge is 2.21. The van der Waals surface area contributed by atoms with E-state index in [1.807, 2.05) is 30.3 Å². The zero-order chi connectivity index (χ0) is 9.80. The zero-order valence-electron chi connectivity index (χ0n) is 8.07.